The summed E-state index contributed by atoms with van der Waals surface area (Å²) in [7, 11) is 0. The Labute approximate surface area is 126 Å². The monoisotopic (exact) mass is 325 g/mol. The quantitative estimate of drug-likeness (QED) is 0.911. The van der Waals surface area contributed by atoms with E-state index in [-0.39, 0.29) is 6.04 Å². The van der Waals surface area contributed by atoms with Crippen molar-refractivity contribution in [2.75, 3.05) is 5.32 Å². The summed E-state index contributed by atoms with van der Waals surface area (Å²) in [5, 5.41) is 21.0. The molecule has 0 saturated carbocycles. The second-order valence-electron chi connectivity index (χ2n) is 4.41. The van der Waals surface area contributed by atoms with Gasteiger partial charge in [-0.2, -0.15) is 10.5 Å². The van der Waals surface area contributed by atoms with Crippen molar-refractivity contribution in [3.05, 3.63) is 63.6 Å². The Balaban J connectivity index is 2.15. The number of rotatable bonds is 3. The van der Waals surface area contributed by atoms with Crippen LogP contribution in [0.15, 0.2) is 46.9 Å². The van der Waals surface area contributed by atoms with E-state index in [1.165, 1.54) is 0 Å². The zero-order valence-corrected chi connectivity index (χ0v) is 12.5. The molecule has 98 valence electrons. The summed E-state index contributed by atoms with van der Waals surface area (Å²) in [6.07, 6.45) is 0. The second kappa shape index (κ2) is 6.23. The molecule has 3 nitrogen and oxygen atoms in total. The molecule has 2 aromatic carbocycles. The molecule has 0 bridgehead atoms. The van der Waals surface area contributed by atoms with Gasteiger partial charge in [0.2, 0.25) is 0 Å². The molecule has 0 fully saturated rings. The largest absolute Gasteiger partial charge is 0.378 e. The lowest BCUT2D eigenvalue weighted by atomic mass is 10.1. The van der Waals surface area contributed by atoms with E-state index in [4.69, 9.17) is 10.5 Å². The maximum atomic E-state index is 8.89. The fraction of sp³-hybridized carbons (Fsp3) is 0.125. The van der Waals surface area contributed by atoms with Crippen LogP contribution in [0.2, 0.25) is 0 Å². The number of nitrogens with one attached hydrogen (secondary N) is 1. The fourth-order valence-corrected chi connectivity index (χ4v) is 2.34. The van der Waals surface area contributed by atoms with Crippen LogP contribution in [0.4, 0.5) is 5.69 Å². The molecule has 0 heterocycles. The zero-order chi connectivity index (χ0) is 14.5. The van der Waals surface area contributed by atoms with Crippen LogP contribution in [0.3, 0.4) is 0 Å². The first-order valence-corrected chi connectivity index (χ1v) is 6.89. The summed E-state index contributed by atoms with van der Waals surface area (Å²) < 4.78 is 0.775. The van der Waals surface area contributed by atoms with Crippen molar-refractivity contribution in [3.8, 4) is 12.1 Å². The Bertz CT molecular complexity index is 693. The molecule has 2 aromatic rings. The summed E-state index contributed by atoms with van der Waals surface area (Å²) in [6, 6.07) is 17.4. The average Bonchev–Trinajstić information content (AvgIpc) is 2.47. The van der Waals surface area contributed by atoms with Gasteiger partial charge in [-0.05, 0) is 58.7 Å². The standard InChI is InChI=1S/C16H12BrN3/c1-11(13-4-2-12(9-18)3-5-13)20-15-7-6-14(10-19)16(17)8-15/h2-8,11,20H,1H3. The summed E-state index contributed by atoms with van der Waals surface area (Å²) in [5.74, 6) is 0. The Kier molecular flexibility index (Phi) is 4.40. The second-order valence-corrected chi connectivity index (χ2v) is 5.26. The molecular weight excluding hydrogens is 314 g/mol. The molecule has 1 N–H and O–H groups in total. The Morgan fingerprint density at radius 1 is 1.05 bits per heavy atom. The number of halogens is 1. The molecule has 0 saturated heterocycles. The topological polar surface area (TPSA) is 59.6 Å². The third-order valence-electron chi connectivity index (χ3n) is 3.01. The molecule has 0 spiro atoms. The Hall–Kier alpha value is -2.30. The maximum absolute atomic E-state index is 8.89. The lowest BCUT2D eigenvalue weighted by Crippen LogP contribution is -2.06. The van der Waals surface area contributed by atoms with E-state index in [1.807, 2.05) is 43.3 Å². The number of nitriles is 2. The summed E-state index contributed by atoms with van der Waals surface area (Å²) in [5.41, 5.74) is 3.31. The van der Waals surface area contributed by atoms with Crippen LogP contribution >= 0.6 is 15.9 Å². The first-order valence-electron chi connectivity index (χ1n) is 6.10. The summed E-state index contributed by atoms with van der Waals surface area (Å²) in [6.45, 7) is 2.05. The molecule has 0 amide bonds. The lowest BCUT2D eigenvalue weighted by Gasteiger charge is -2.16. The highest BCUT2D eigenvalue weighted by atomic mass is 79.9. The van der Waals surface area contributed by atoms with Crippen LogP contribution in [0.25, 0.3) is 0 Å². The third-order valence-corrected chi connectivity index (χ3v) is 3.67. The van der Waals surface area contributed by atoms with Crippen LogP contribution in [0, 0.1) is 22.7 Å². The molecule has 2 rings (SSSR count). The maximum Gasteiger partial charge on any atom is 0.100 e. The van der Waals surface area contributed by atoms with Crippen molar-refractivity contribution in [1.29, 1.82) is 10.5 Å². The minimum atomic E-state index is 0.113. The number of hydrogen-bond acceptors (Lipinski definition) is 3. The fourth-order valence-electron chi connectivity index (χ4n) is 1.88. The van der Waals surface area contributed by atoms with Crippen LogP contribution in [0.1, 0.15) is 29.7 Å². The van der Waals surface area contributed by atoms with Gasteiger partial charge >= 0.3 is 0 Å². The van der Waals surface area contributed by atoms with Crippen LogP contribution < -0.4 is 5.32 Å². The number of anilines is 1. The van der Waals surface area contributed by atoms with E-state index in [1.54, 1.807) is 6.07 Å². The van der Waals surface area contributed by atoms with Gasteiger partial charge in [0, 0.05) is 16.2 Å². The van der Waals surface area contributed by atoms with Crippen molar-refractivity contribution in [2.24, 2.45) is 0 Å². The SMILES string of the molecule is CC(Nc1ccc(C#N)c(Br)c1)c1ccc(C#N)cc1. The van der Waals surface area contributed by atoms with Crippen LogP contribution in [0.5, 0.6) is 0 Å². The van der Waals surface area contributed by atoms with Gasteiger partial charge in [-0.1, -0.05) is 12.1 Å². The summed E-state index contributed by atoms with van der Waals surface area (Å²) >= 11 is 3.37. The predicted octanol–water partition coefficient (Wildman–Crippen LogP) is 4.37. The van der Waals surface area contributed by atoms with E-state index in [2.05, 4.69) is 33.4 Å². The Morgan fingerprint density at radius 2 is 1.75 bits per heavy atom. The van der Waals surface area contributed by atoms with Gasteiger partial charge in [0.1, 0.15) is 6.07 Å². The molecule has 4 heteroatoms. The minimum Gasteiger partial charge on any atom is -0.378 e. The van der Waals surface area contributed by atoms with E-state index >= 15 is 0 Å². The van der Waals surface area contributed by atoms with Crippen molar-refractivity contribution in [2.45, 2.75) is 13.0 Å². The molecule has 0 radical (unpaired) electrons. The van der Waals surface area contributed by atoms with E-state index < -0.39 is 0 Å². The van der Waals surface area contributed by atoms with E-state index in [0.29, 0.717) is 11.1 Å². The first-order chi connectivity index (χ1) is 9.63. The van der Waals surface area contributed by atoms with Gasteiger partial charge in [0.25, 0.3) is 0 Å². The highest BCUT2D eigenvalue weighted by Crippen LogP contribution is 2.24. The molecule has 1 unspecified atom stereocenters. The van der Waals surface area contributed by atoms with Crippen LogP contribution in [-0.4, -0.2) is 0 Å². The number of benzene rings is 2. The normalized spacial score (nSPS) is 11.2. The van der Waals surface area contributed by atoms with Gasteiger partial charge < -0.3 is 5.32 Å². The van der Waals surface area contributed by atoms with Crippen LogP contribution in [-0.2, 0) is 0 Å². The highest BCUT2D eigenvalue weighted by molar-refractivity contribution is 9.10. The van der Waals surface area contributed by atoms with Crippen molar-refractivity contribution in [1.82, 2.24) is 0 Å². The lowest BCUT2D eigenvalue weighted by molar-refractivity contribution is 0.884. The van der Waals surface area contributed by atoms with Crippen molar-refractivity contribution < 1.29 is 0 Å². The highest BCUT2D eigenvalue weighted by Gasteiger charge is 2.07. The zero-order valence-electron chi connectivity index (χ0n) is 10.9. The molecule has 20 heavy (non-hydrogen) atoms. The van der Waals surface area contributed by atoms with Gasteiger partial charge in [-0.25, -0.2) is 0 Å². The van der Waals surface area contributed by atoms with Crippen molar-refractivity contribution >= 4 is 21.6 Å². The predicted molar refractivity (Wildman–Crippen MR) is 82.1 cm³/mol. The van der Waals surface area contributed by atoms with Crippen molar-refractivity contribution in [3.63, 3.8) is 0 Å². The molecule has 0 aliphatic carbocycles. The summed E-state index contributed by atoms with van der Waals surface area (Å²) in [4.78, 5) is 0. The number of nitrogens with zero attached hydrogens (tertiary/aromatic N) is 2. The number of hydrogen-bond donors (Lipinski definition) is 1. The van der Waals surface area contributed by atoms with Gasteiger partial charge in [-0.15, -0.1) is 0 Å². The smallest absolute Gasteiger partial charge is 0.100 e. The molecule has 0 aromatic heterocycles. The van der Waals surface area contributed by atoms with Gasteiger partial charge in [-0.3, -0.25) is 0 Å². The van der Waals surface area contributed by atoms with E-state index in [0.717, 1.165) is 15.7 Å². The molecule has 0 aliphatic rings. The van der Waals surface area contributed by atoms with Gasteiger partial charge in [0.15, 0.2) is 0 Å². The average molecular weight is 326 g/mol. The first kappa shape index (κ1) is 14.1. The third kappa shape index (κ3) is 3.17. The van der Waals surface area contributed by atoms with Gasteiger partial charge in [0.05, 0.1) is 17.2 Å². The molecule has 1 atom stereocenters. The Morgan fingerprint density at radius 3 is 2.30 bits per heavy atom. The molecule has 0 aliphatic heterocycles. The van der Waals surface area contributed by atoms with E-state index in [9.17, 15) is 0 Å². The molecular formula is C16H12BrN3. The minimum absolute atomic E-state index is 0.113.